The molecule has 0 amide bonds. The molecule has 3 N–H and O–H groups in total. The lowest BCUT2D eigenvalue weighted by atomic mass is 10.9. The molecule has 1 aromatic rings. The summed E-state index contributed by atoms with van der Waals surface area (Å²) in [5.41, 5.74) is -1.17. The summed E-state index contributed by atoms with van der Waals surface area (Å²) in [4.78, 5) is 36.5. The molecule has 0 unspecified atom stereocenters. The average molecular weight is 173 g/mol. The summed E-state index contributed by atoms with van der Waals surface area (Å²) in [5, 5.41) is 7.42. The smallest absolute Gasteiger partial charge is 0.350 e. The van der Waals surface area contributed by atoms with Crippen LogP contribution in [0.3, 0.4) is 0 Å². The summed E-state index contributed by atoms with van der Waals surface area (Å²) in [6.07, 6.45) is 1.04. The number of rotatable bonds is 0. The Labute approximate surface area is 66.1 Å². The molecule has 66 valence electrons. The van der Waals surface area contributed by atoms with Crippen LogP contribution in [0.25, 0.3) is 0 Å². The van der Waals surface area contributed by atoms with Gasteiger partial charge in [-0.15, -0.1) is 0 Å². The lowest BCUT2D eigenvalue weighted by Gasteiger charge is -1.74. The Bertz CT molecular complexity index is 323. The molecule has 0 fully saturated rings. The van der Waals surface area contributed by atoms with Crippen LogP contribution in [0.4, 0.5) is 0 Å². The lowest BCUT2D eigenvalue weighted by molar-refractivity contribution is -0.134. The van der Waals surface area contributed by atoms with E-state index in [0.717, 1.165) is 13.3 Å². The summed E-state index contributed by atoms with van der Waals surface area (Å²) in [5.74, 6) is -0.833. The van der Waals surface area contributed by atoms with Crippen LogP contribution in [0, 0.1) is 0 Å². The summed E-state index contributed by atoms with van der Waals surface area (Å²) in [7, 11) is 0. The number of aromatic nitrogens is 3. The van der Waals surface area contributed by atoms with Crippen LogP contribution in [-0.2, 0) is 4.79 Å². The molecule has 0 saturated carbocycles. The zero-order chi connectivity index (χ0) is 9.56. The molecule has 0 bridgehead atoms. The zero-order valence-electron chi connectivity index (χ0n) is 6.20. The van der Waals surface area contributed by atoms with E-state index in [2.05, 4.69) is 9.97 Å². The van der Waals surface area contributed by atoms with Crippen LogP contribution in [0.15, 0.2) is 15.9 Å². The van der Waals surface area contributed by atoms with Gasteiger partial charge in [-0.2, -0.15) is 4.98 Å². The van der Waals surface area contributed by atoms with Gasteiger partial charge in [0, 0.05) is 6.92 Å². The fraction of sp³-hybridized carbons (Fsp3) is 0.200. The van der Waals surface area contributed by atoms with Crippen LogP contribution in [0.5, 0.6) is 0 Å². The van der Waals surface area contributed by atoms with Gasteiger partial charge in [0.25, 0.3) is 5.97 Å². The maximum Gasteiger partial charge on any atom is 0.350 e. The van der Waals surface area contributed by atoms with Crippen molar-refractivity contribution in [2.75, 3.05) is 0 Å². The molecule has 1 rings (SSSR count). The molecule has 1 aromatic heterocycles. The van der Waals surface area contributed by atoms with Gasteiger partial charge < -0.3 is 5.11 Å². The highest BCUT2D eigenvalue weighted by Crippen LogP contribution is 1.42. The highest BCUT2D eigenvalue weighted by Gasteiger charge is 1.79. The van der Waals surface area contributed by atoms with Crippen molar-refractivity contribution < 1.29 is 9.90 Å². The number of carbonyl (C=O) groups is 1. The first-order valence-electron chi connectivity index (χ1n) is 2.86. The van der Waals surface area contributed by atoms with E-state index < -0.39 is 17.3 Å². The molecule has 0 spiro atoms. The van der Waals surface area contributed by atoms with Gasteiger partial charge in [0.15, 0.2) is 0 Å². The Morgan fingerprint density at radius 3 is 2.33 bits per heavy atom. The van der Waals surface area contributed by atoms with Crippen molar-refractivity contribution in [1.82, 2.24) is 15.0 Å². The first kappa shape index (κ1) is 10.1. The van der Waals surface area contributed by atoms with Gasteiger partial charge >= 0.3 is 11.4 Å². The Balaban J connectivity index is 0.000000261. The SMILES string of the molecule is CC(=O)O.O=c1nc[nH]c(=O)[nH]1. The quantitative estimate of drug-likeness (QED) is 0.443. The number of nitrogens with one attached hydrogen (secondary N) is 2. The second kappa shape index (κ2) is 4.83. The summed E-state index contributed by atoms with van der Waals surface area (Å²) in [6.45, 7) is 1.08. The minimum Gasteiger partial charge on any atom is -0.481 e. The van der Waals surface area contributed by atoms with Crippen molar-refractivity contribution in [2.24, 2.45) is 0 Å². The first-order chi connectivity index (χ1) is 5.52. The molecule has 7 heteroatoms. The number of hydrogen-bond acceptors (Lipinski definition) is 4. The Morgan fingerprint density at radius 1 is 1.58 bits per heavy atom. The molecule has 0 radical (unpaired) electrons. The number of hydrogen-bond donors (Lipinski definition) is 3. The van der Waals surface area contributed by atoms with E-state index in [0.29, 0.717) is 0 Å². The monoisotopic (exact) mass is 173 g/mol. The molecule has 12 heavy (non-hydrogen) atoms. The van der Waals surface area contributed by atoms with Crippen molar-refractivity contribution >= 4 is 5.97 Å². The van der Waals surface area contributed by atoms with Crippen LogP contribution in [-0.4, -0.2) is 26.0 Å². The molecule has 0 aromatic carbocycles. The van der Waals surface area contributed by atoms with Gasteiger partial charge in [-0.25, -0.2) is 9.59 Å². The van der Waals surface area contributed by atoms with Gasteiger partial charge in [-0.3, -0.25) is 14.8 Å². The number of H-pyrrole nitrogens is 2. The normalized spacial score (nSPS) is 8.08. The highest BCUT2D eigenvalue weighted by atomic mass is 16.4. The van der Waals surface area contributed by atoms with E-state index in [1.807, 2.05) is 4.98 Å². The van der Waals surface area contributed by atoms with Crippen LogP contribution in [0.2, 0.25) is 0 Å². The van der Waals surface area contributed by atoms with Crippen molar-refractivity contribution in [3.63, 3.8) is 0 Å². The van der Waals surface area contributed by atoms with Gasteiger partial charge in [0.05, 0.1) is 0 Å². The van der Waals surface area contributed by atoms with Crippen molar-refractivity contribution in [3.05, 3.63) is 27.3 Å². The average Bonchev–Trinajstić information content (AvgIpc) is 1.84. The van der Waals surface area contributed by atoms with Gasteiger partial charge in [0.2, 0.25) is 0 Å². The number of aliphatic carboxylic acids is 1. The molecule has 1 heterocycles. The zero-order valence-corrected chi connectivity index (χ0v) is 6.20. The van der Waals surface area contributed by atoms with Gasteiger partial charge in [-0.1, -0.05) is 0 Å². The molecular formula is C5H7N3O4. The second-order valence-electron chi connectivity index (χ2n) is 1.68. The fourth-order valence-electron chi connectivity index (χ4n) is 0.315. The largest absolute Gasteiger partial charge is 0.481 e. The van der Waals surface area contributed by atoms with Crippen LogP contribution in [0.1, 0.15) is 6.92 Å². The fourth-order valence-corrected chi connectivity index (χ4v) is 0.315. The number of carboxylic acids is 1. The number of aromatic amines is 2. The maximum absolute atomic E-state index is 10.1. The van der Waals surface area contributed by atoms with Crippen molar-refractivity contribution in [2.45, 2.75) is 6.92 Å². The third kappa shape index (κ3) is 6.20. The van der Waals surface area contributed by atoms with Gasteiger partial charge in [-0.05, 0) is 0 Å². The van der Waals surface area contributed by atoms with Gasteiger partial charge in [0.1, 0.15) is 6.33 Å². The van der Waals surface area contributed by atoms with E-state index >= 15 is 0 Å². The third-order valence-corrected chi connectivity index (χ3v) is 0.598. The Kier molecular flexibility index (Phi) is 4.06. The standard InChI is InChI=1S/C3H3N3O2.C2H4O2/c7-2-4-1-5-3(8)6-2;1-2(3)4/h1H,(H2,4,5,6,7,8);1H3,(H,3,4). The minimum atomic E-state index is -0.833. The van der Waals surface area contributed by atoms with E-state index in [9.17, 15) is 9.59 Å². The molecular weight excluding hydrogens is 166 g/mol. The third-order valence-electron chi connectivity index (χ3n) is 0.598. The predicted octanol–water partition coefficient (Wildman–Crippen LogP) is -1.45. The Morgan fingerprint density at radius 2 is 2.08 bits per heavy atom. The Hall–Kier alpha value is -1.92. The van der Waals surface area contributed by atoms with Crippen molar-refractivity contribution in [1.29, 1.82) is 0 Å². The number of nitrogens with zero attached hydrogens (tertiary/aromatic N) is 1. The molecule has 7 nitrogen and oxygen atoms in total. The highest BCUT2D eigenvalue weighted by molar-refractivity contribution is 5.62. The first-order valence-corrected chi connectivity index (χ1v) is 2.86. The van der Waals surface area contributed by atoms with Crippen LogP contribution >= 0.6 is 0 Å². The summed E-state index contributed by atoms with van der Waals surface area (Å²) >= 11 is 0. The maximum atomic E-state index is 10.1. The molecule has 0 aliphatic rings. The van der Waals surface area contributed by atoms with E-state index in [1.165, 1.54) is 0 Å². The minimum absolute atomic E-state index is 0.537. The van der Waals surface area contributed by atoms with Crippen molar-refractivity contribution in [3.8, 4) is 0 Å². The second-order valence-corrected chi connectivity index (χ2v) is 1.68. The lowest BCUT2D eigenvalue weighted by Crippen LogP contribution is -2.22. The van der Waals surface area contributed by atoms with E-state index in [4.69, 9.17) is 9.90 Å². The van der Waals surface area contributed by atoms with E-state index in [-0.39, 0.29) is 0 Å². The molecule has 0 aliphatic carbocycles. The van der Waals surface area contributed by atoms with E-state index in [1.54, 1.807) is 0 Å². The molecule has 0 saturated heterocycles. The summed E-state index contributed by atoms with van der Waals surface area (Å²) in [6, 6.07) is 0. The van der Waals surface area contributed by atoms with Crippen LogP contribution < -0.4 is 11.4 Å². The molecule has 0 atom stereocenters. The topological polar surface area (TPSA) is 116 Å². The molecule has 0 aliphatic heterocycles. The summed E-state index contributed by atoms with van der Waals surface area (Å²) < 4.78 is 0. The number of carboxylic acid groups (broad SMARTS) is 1. The predicted molar refractivity (Wildman–Crippen MR) is 38.8 cm³/mol.